The SMILES string of the molecule is COc1ccc(C(OC[C@H]2O[C@@H](n3ccc(=O)[nH]c3=O)[C@@H](O[Si](C)(C)C(C)(C)C)[C@H]2OP(OCCC#N)N(C(C)C)C(C)C)(c2ccccc2)c2ccc(OC)cc2)cc1. The van der Waals surface area contributed by atoms with Crippen LogP contribution in [0.3, 0.4) is 0 Å². The molecule has 1 unspecified atom stereocenters. The quantitative estimate of drug-likeness (QED) is 0.0419. The van der Waals surface area contributed by atoms with Crippen molar-refractivity contribution in [2.24, 2.45) is 0 Å². The highest BCUT2D eigenvalue weighted by Crippen LogP contribution is 2.52. The number of benzene rings is 3. The van der Waals surface area contributed by atoms with Crippen molar-refractivity contribution in [3.63, 3.8) is 0 Å². The summed E-state index contributed by atoms with van der Waals surface area (Å²) >= 11 is 0. The van der Waals surface area contributed by atoms with Crippen LogP contribution in [0.25, 0.3) is 0 Å². The number of nitrogens with one attached hydrogen (secondary N) is 1. The van der Waals surface area contributed by atoms with E-state index in [1.165, 1.54) is 16.8 Å². The van der Waals surface area contributed by atoms with Gasteiger partial charge in [0.25, 0.3) is 14.1 Å². The van der Waals surface area contributed by atoms with Gasteiger partial charge in [-0.1, -0.05) is 75.4 Å². The minimum Gasteiger partial charge on any atom is -0.497 e. The second-order valence-electron chi connectivity index (χ2n) is 16.9. The minimum absolute atomic E-state index is 0.00321. The molecule has 60 heavy (non-hydrogen) atoms. The van der Waals surface area contributed by atoms with E-state index in [1.807, 2.05) is 78.9 Å². The Balaban J connectivity index is 1.73. The molecule has 1 fully saturated rings. The van der Waals surface area contributed by atoms with E-state index in [-0.39, 0.29) is 36.8 Å². The minimum atomic E-state index is -2.64. The molecule has 5 atom stereocenters. The lowest BCUT2D eigenvalue weighted by molar-refractivity contribution is -0.0943. The highest BCUT2D eigenvalue weighted by Gasteiger charge is 2.54. The molecule has 13 nitrogen and oxygen atoms in total. The van der Waals surface area contributed by atoms with Crippen molar-refractivity contribution in [3.05, 3.63) is 129 Å². The summed E-state index contributed by atoms with van der Waals surface area (Å²) in [7, 11) is -1.20. The molecule has 4 aromatic rings. The molecule has 1 aliphatic rings. The zero-order valence-corrected chi connectivity index (χ0v) is 38.6. The first-order valence-corrected chi connectivity index (χ1v) is 24.4. The van der Waals surface area contributed by atoms with Gasteiger partial charge in [-0.2, -0.15) is 5.26 Å². The summed E-state index contributed by atoms with van der Waals surface area (Å²) in [5.74, 6) is 1.37. The molecule has 5 rings (SSSR count). The topological polar surface area (TPSA) is 147 Å². The predicted octanol–water partition coefficient (Wildman–Crippen LogP) is 8.51. The average Bonchev–Trinajstić information content (AvgIpc) is 3.53. The van der Waals surface area contributed by atoms with E-state index >= 15 is 0 Å². The lowest BCUT2D eigenvalue weighted by Gasteiger charge is -2.42. The van der Waals surface area contributed by atoms with Crippen molar-refractivity contribution in [1.29, 1.82) is 5.26 Å². The molecule has 0 spiro atoms. The van der Waals surface area contributed by atoms with Crippen LogP contribution in [-0.4, -0.2) is 80.4 Å². The number of hydrogen-bond donors (Lipinski definition) is 1. The Morgan fingerprint density at radius 3 is 1.88 bits per heavy atom. The van der Waals surface area contributed by atoms with Crippen molar-refractivity contribution in [2.75, 3.05) is 27.4 Å². The molecular formula is C45H61N4O9PSi. The van der Waals surface area contributed by atoms with Crippen molar-refractivity contribution in [1.82, 2.24) is 14.2 Å². The van der Waals surface area contributed by atoms with Crippen LogP contribution in [0.2, 0.25) is 18.1 Å². The van der Waals surface area contributed by atoms with E-state index < -0.39 is 58.2 Å². The average molecular weight is 861 g/mol. The van der Waals surface area contributed by atoms with Gasteiger partial charge in [-0.15, -0.1) is 0 Å². The molecule has 2 heterocycles. The van der Waals surface area contributed by atoms with Gasteiger partial charge in [-0.3, -0.25) is 14.3 Å². The molecule has 0 radical (unpaired) electrons. The van der Waals surface area contributed by atoms with Crippen molar-refractivity contribution in [3.8, 4) is 17.6 Å². The van der Waals surface area contributed by atoms with Crippen LogP contribution in [-0.2, 0) is 28.5 Å². The molecule has 1 aromatic heterocycles. The van der Waals surface area contributed by atoms with Crippen molar-refractivity contribution >= 4 is 16.8 Å². The Morgan fingerprint density at radius 2 is 1.40 bits per heavy atom. The van der Waals surface area contributed by atoms with E-state index in [0.717, 1.165) is 16.7 Å². The Hall–Kier alpha value is -4.16. The number of rotatable bonds is 19. The standard InChI is InChI=1S/C45H61N4O9PSi/c1-31(2)49(32(3)4)59(55-29-15-27-46)57-40-38(56-42(48-28-26-39(50)47-43(48)51)41(40)58-60(10,11)44(5,6)7)30-54-45(33-16-13-12-14-17-33,34-18-22-36(52-8)23-19-34)35-20-24-37(53-9)25-21-35/h12-14,16-26,28,31-32,38,40-42H,15,29-30H2,1-11H3,(H,47,50,51)/t38-,40+,41+,42-,59?/m1/s1. The number of ether oxygens (including phenoxy) is 4. The maximum atomic E-state index is 13.6. The summed E-state index contributed by atoms with van der Waals surface area (Å²) in [4.78, 5) is 28.4. The fourth-order valence-corrected chi connectivity index (χ4v) is 10.2. The summed E-state index contributed by atoms with van der Waals surface area (Å²) < 4.78 is 50.0. The smallest absolute Gasteiger partial charge is 0.330 e. The van der Waals surface area contributed by atoms with Gasteiger partial charge >= 0.3 is 5.69 Å². The molecule has 1 aliphatic heterocycles. The molecule has 0 amide bonds. The molecule has 0 bridgehead atoms. The Bertz CT molecular complexity index is 2080. The van der Waals surface area contributed by atoms with Gasteiger partial charge < -0.3 is 32.4 Å². The Morgan fingerprint density at radius 1 is 0.850 bits per heavy atom. The van der Waals surface area contributed by atoms with Crippen LogP contribution >= 0.6 is 8.53 Å². The van der Waals surface area contributed by atoms with Crippen LogP contribution in [0.4, 0.5) is 0 Å². The van der Waals surface area contributed by atoms with Crippen LogP contribution in [0, 0.1) is 11.3 Å². The number of aromatic nitrogens is 2. The van der Waals surface area contributed by atoms with Gasteiger partial charge in [0.1, 0.15) is 35.4 Å². The highest BCUT2D eigenvalue weighted by atomic mass is 31.2. The van der Waals surface area contributed by atoms with Crippen LogP contribution in [0.1, 0.15) is 77.8 Å². The van der Waals surface area contributed by atoms with Crippen LogP contribution in [0.15, 0.2) is 101 Å². The first-order chi connectivity index (χ1) is 28.5. The fraction of sp³-hybridized carbons (Fsp3) is 0.489. The molecule has 0 aliphatic carbocycles. The Labute approximate surface area is 356 Å². The van der Waals surface area contributed by atoms with Crippen molar-refractivity contribution in [2.45, 2.75) is 115 Å². The van der Waals surface area contributed by atoms with E-state index in [9.17, 15) is 14.9 Å². The second-order valence-corrected chi connectivity index (χ2v) is 23.0. The third-order valence-electron chi connectivity index (χ3n) is 11.2. The summed E-state index contributed by atoms with van der Waals surface area (Å²) in [5.41, 5.74) is 0.119. The van der Waals surface area contributed by atoms with E-state index in [1.54, 1.807) is 14.2 Å². The van der Waals surface area contributed by atoms with E-state index in [4.69, 9.17) is 32.4 Å². The molecule has 324 valence electrons. The lowest BCUT2D eigenvalue weighted by atomic mass is 9.80. The maximum absolute atomic E-state index is 13.6. The number of aromatic amines is 1. The number of methoxy groups -OCH3 is 2. The largest absolute Gasteiger partial charge is 0.497 e. The van der Waals surface area contributed by atoms with Crippen LogP contribution in [0.5, 0.6) is 11.5 Å². The molecule has 1 N–H and O–H groups in total. The number of nitrogens with zero attached hydrogens (tertiary/aromatic N) is 3. The monoisotopic (exact) mass is 860 g/mol. The molecule has 0 saturated carbocycles. The zero-order chi connectivity index (χ0) is 43.8. The highest BCUT2D eigenvalue weighted by molar-refractivity contribution is 7.44. The summed E-state index contributed by atoms with van der Waals surface area (Å²) in [6, 6.07) is 29.0. The number of H-pyrrole nitrogens is 1. The Kier molecular flexibility index (Phi) is 15.7. The molecule has 15 heteroatoms. The first kappa shape index (κ1) is 46.9. The van der Waals surface area contributed by atoms with Gasteiger partial charge in [0.2, 0.25) is 0 Å². The number of nitriles is 1. The maximum Gasteiger partial charge on any atom is 0.330 e. The van der Waals surface area contributed by atoms with Gasteiger partial charge in [0.05, 0.1) is 39.9 Å². The van der Waals surface area contributed by atoms with Gasteiger partial charge in [0, 0.05) is 24.3 Å². The molecule has 3 aromatic carbocycles. The van der Waals surface area contributed by atoms with Crippen LogP contribution < -0.4 is 20.7 Å². The third-order valence-corrected chi connectivity index (χ3v) is 17.8. The predicted molar refractivity (Wildman–Crippen MR) is 236 cm³/mol. The van der Waals surface area contributed by atoms with E-state index in [2.05, 4.69) is 77.3 Å². The fourth-order valence-electron chi connectivity index (χ4n) is 7.14. The first-order valence-electron chi connectivity index (χ1n) is 20.4. The molecule has 1 saturated heterocycles. The van der Waals surface area contributed by atoms with Gasteiger partial charge in [-0.25, -0.2) is 9.46 Å². The van der Waals surface area contributed by atoms with E-state index in [0.29, 0.717) is 11.5 Å². The molecular weight excluding hydrogens is 800 g/mol. The summed E-state index contributed by atoms with van der Waals surface area (Å²) in [5, 5.41) is 9.26. The van der Waals surface area contributed by atoms with Gasteiger partial charge in [-0.05, 0) is 86.8 Å². The van der Waals surface area contributed by atoms with Gasteiger partial charge in [0.15, 0.2) is 14.5 Å². The number of hydrogen-bond acceptors (Lipinski definition) is 11. The zero-order valence-electron chi connectivity index (χ0n) is 36.7. The third kappa shape index (κ3) is 10.5. The lowest BCUT2D eigenvalue weighted by Crippen LogP contribution is -2.50. The second kappa shape index (κ2) is 20.1. The summed E-state index contributed by atoms with van der Waals surface area (Å²) in [6.45, 7) is 19.1. The summed E-state index contributed by atoms with van der Waals surface area (Å²) in [6.07, 6.45) is -2.01. The van der Waals surface area contributed by atoms with Crippen molar-refractivity contribution < 1.29 is 32.4 Å². The normalized spacial score (nSPS) is 19.1.